The second kappa shape index (κ2) is 49.2. The summed E-state index contributed by atoms with van der Waals surface area (Å²) < 4.78 is 23.3. The Morgan fingerprint density at radius 1 is 0.529 bits per heavy atom. The average Bonchev–Trinajstić information content (AvgIpc) is 3.30. The molecular weight excluding hydrogens is 864 g/mol. The van der Waals surface area contributed by atoms with E-state index in [1.807, 2.05) is 27.2 Å². The highest BCUT2D eigenvalue weighted by molar-refractivity contribution is 7.45. The number of aliphatic hydroxyl groups excluding tert-OH is 1. The Bertz CT molecular complexity index is 1470. The minimum Gasteiger partial charge on any atom is -0.756 e. The quantitative estimate of drug-likeness (QED) is 0.0272. The van der Waals surface area contributed by atoms with Crippen LogP contribution in [0.4, 0.5) is 0 Å². The highest BCUT2D eigenvalue weighted by Gasteiger charge is 2.23. The second-order valence-corrected chi connectivity index (χ2v) is 20.6. The first kappa shape index (κ1) is 65.2. The minimum atomic E-state index is -4.62. The molecule has 0 aliphatic carbocycles. The van der Waals surface area contributed by atoms with Crippen LogP contribution in [-0.4, -0.2) is 68.5 Å². The molecular formula is C59H103N2O6P. The Morgan fingerprint density at radius 3 is 1.37 bits per heavy atom. The maximum absolute atomic E-state index is 12.9. The van der Waals surface area contributed by atoms with Gasteiger partial charge in [0.15, 0.2) is 0 Å². The number of amides is 1. The summed E-state index contributed by atoms with van der Waals surface area (Å²) in [6.45, 7) is 4.48. The van der Waals surface area contributed by atoms with Crippen molar-refractivity contribution < 1.29 is 32.9 Å². The van der Waals surface area contributed by atoms with E-state index in [1.54, 1.807) is 6.08 Å². The maximum Gasteiger partial charge on any atom is 0.268 e. The molecule has 0 aliphatic rings. The Kier molecular flexibility index (Phi) is 47.1. The molecule has 3 atom stereocenters. The smallest absolute Gasteiger partial charge is 0.268 e. The van der Waals surface area contributed by atoms with Crippen LogP contribution >= 0.6 is 7.82 Å². The van der Waals surface area contributed by atoms with Gasteiger partial charge in [0.1, 0.15) is 13.2 Å². The summed E-state index contributed by atoms with van der Waals surface area (Å²) in [6, 6.07) is -0.922. The molecule has 0 spiro atoms. The molecule has 8 nitrogen and oxygen atoms in total. The molecule has 68 heavy (non-hydrogen) atoms. The molecule has 0 rings (SSSR count). The number of rotatable bonds is 48. The van der Waals surface area contributed by atoms with Crippen LogP contribution in [0.2, 0.25) is 0 Å². The zero-order valence-corrected chi connectivity index (χ0v) is 45.2. The van der Waals surface area contributed by atoms with Gasteiger partial charge >= 0.3 is 0 Å². The van der Waals surface area contributed by atoms with Crippen molar-refractivity contribution >= 4 is 13.7 Å². The van der Waals surface area contributed by atoms with Gasteiger partial charge in [-0.1, -0.05) is 213 Å². The molecule has 9 heteroatoms. The topological polar surface area (TPSA) is 108 Å². The molecule has 3 unspecified atom stereocenters. The third-order valence-electron chi connectivity index (χ3n) is 11.4. The number of hydrogen-bond acceptors (Lipinski definition) is 6. The Balaban J connectivity index is 4.36. The van der Waals surface area contributed by atoms with Crippen LogP contribution in [0.1, 0.15) is 206 Å². The summed E-state index contributed by atoms with van der Waals surface area (Å²) in [5.41, 5.74) is 0. The summed E-state index contributed by atoms with van der Waals surface area (Å²) >= 11 is 0. The summed E-state index contributed by atoms with van der Waals surface area (Å²) in [7, 11) is 1.21. The van der Waals surface area contributed by atoms with E-state index in [0.29, 0.717) is 17.4 Å². The summed E-state index contributed by atoms with van der Waals surface area (Å²) in [6.07, 6.45) is 71.5. The van der Waals surface area contributed by atoms with Gasteiger partial charge in [-0.25, -0.2) is 0 Å². The number of likely N-dealkylation sites (N-methyl/N-ethyl adjacent to an activating group) is 1. The number of aliphatic hydroxyl groups is 1. The highest BCUT2D eigenvalue weighted by atomic mass is 31.2. The van der Waals surface area contributed by atoms with Crippen molar-refractivity contribution in [2.24, 2.45) is 0 Å². The SMILES string of the molecule is CC/C=C\C/C=C\C/C=C\C/C=C\C/C=C\C/C=C\CCCCCCCCCCC(=O)NC(COP(=O)([O-])OCC[N+](C)(C)C)C(O)/C=C/CC/C=C/CC/C=C/CCCCCCCCCCC. The van der Waals surface area contributed by atoms with E-state index < -0.39 is 26.6 Å². The number of unbranched alkanes of at least 4 members (excludes halogenated alkanes) is 19. The molecule has 0 saturated carbocycles. The fraction of sp³-hybridized carbons (Fsp3) is 0.678. The molecule has 0 aromatic rings. The Hall–Kier alpha value is -2.84. The number of phosphoric acid groups is 1. The van der Waals surface area contributed by atoms with E-state index in [9.17, 15) is 19.4 Å². The predicted octanol–water partition coefficient (Wildman–Crippen LogP) is 15.8. The molecule has 390 valence electrons. The van der Waals surface area contributed by atoms with E-state index in [1.165, 1.54) is 89.9 Å². The molecule has 0 aromatic carbocycles. The van der Waals surface area contributed by atoms with Crippen molar-refractivity contribution in [1.82, 2.24) is 5.32 Å². The summed E-state index contributed by atoms with van der Waals surface area (Å²) in [5, 5.41) is 13.8. The first-order chi connectivity index (χ1) is 33.0. The van der Waals surface area contributed by atoms with E-state index in [4.69, 9.17) is 9.05 Å². The fourth-order valence-corrected chi connectivity index (χ4v) is 7.91. The van der Waals surface area contributed by atoms with Gasteiger partial charge in [-0.15, -0.1) is 0 Å². The van der Waals surface area contributed by atoms with Crippen LogP contribution in [0.3, 0.4) is 0 Å². The van der Waals surface area contributed by atoms with Gasteiger partial charge in [0.05, 0.1) is 39.9 Å². The molecule has 0 aromatic heterocycles. The number of phosphoric ester groups is 1. The monoisotopic (exact) mass is 967 g/mol. The molecule has 0 radical (unpaired) electrons. The molecule has 0 aliphatic heterocycles. The number of carbonyl (C=O) groups is 1. The van der Waals surface area contributed by atoms with Crippen LogP contribution in [-0.2, 0) is 18.4 Å². The number of nitrogens with zero attached hydrogens (tertiary/aromatic N) is 1. The van der Waals surface area contributed by atoms with Crippen LogP contribution in [0, 0.1) is 0 Å². The first-order valence-corrected chi connectivity index (χ1v) is 28.7. The summed E-state index contributed by atoms with van der Waals surface area (Å²) in [4.78, 5) is 25.5. The standard InChI is InChI=1S/C59H103N2O6P/c1-6-8-10-12-14-16-18-20-22-24-26-27-28-29-30-31-32-33-35-37-39-41-43-45-47-49-51-53-59(63)60-57(56-67-68(64,65)66-55-54-61(3,4)5)58(62)52-50-48-46-44-42-40-38-36-34-25-23-21-19-17-15-13-11-9-7-2/h8,10,14,16,20,22,26-27,29-30,32-34,36,42,44,50,52,57-58,62H,6-7,9,11-13,15,17-19,21,23-25,28,31,35,37-41,43,45-49,51,53-56H2,1-5H3,(H-,60,63,64,65)/b10-8-,16-14-,22-20-,27-26-,30-29-,33-32-,36-34+,44-42+,52-50+. The lowest BCUT2D eigenvalue weighted by Gasteiger charge is -2.29. The van der Waals surface area contributed by atoms with Crippen molar-refractivity contribution in [3.8, 4) is 0 Å². The Morgan fingerprint density at radius 2 is 0.912 bits per heavy atom. The zero-order valence-electron chi connectivity index (χ0n) is 44.3. The number of allylic oxidation sites excluding steroid dienone is 17. The number of carbonyl (C=O) groups excluding carboxylic acids is 1. The minimum absolute atomic E-state index is 0.0166. The van der Waals surface area contributed by atoms with Crippen molar-refractivity contribution in [2.45, 2.75) is 219 Å². The lowest BCUT2D eigenvalue weighted by molar-refractivity contribution is -0.870. The predicted molar refractivity (Wildman–Crippen MR) is 292 cm³/mol. The van der Waals surface area contributed by atoms with Gasteiger partial charge in [0.2, 0.25) is 5.91 Å². The third kappa shape index (κ3) is 51.0. The van der Waals surface area contributed by atoms with Crippen molar-refractivity contribution in [2.75, 3.05) is 40.9 Å². The lowest BCUT2D eigenvalue weighted by Crippen LogP contribution is -2.45. The van der Waals surface area contributed by atoms with E-state index >= 15 is 0 Å². The number of quaternary nitrogens is 1. The van der Waals surface area contributed by atoms with Gasteiger partial charge in [0.25, 0.3) is 7.82 Å². The lowest BCUT2D eigenvalue weighted by atomic mass is 10.1. The van der Waals surface area contributed by atoms with Gasteiger partial charge < -0.3 is 28.8 Å². The van der Waals surface area contributed by atoms with Crippen molar-refractivity contribution in [3.05, 3.63) is 109 Å². The molecule has 0 bridgehead atoms. The molecule has 2 N–H and O–H groups in total. The highest BCUT2D eigenvalue weighted by Crippen LogP contribution is 2.38. The number of nitrogens with one attached hydrogen (secondary N) is 1. The fourth-order valence-electron chi connectivity index (χ4n) is 7.19. The maximum atomic E-state index is 12.9. The van der Waals surface area contributed by atoms with Crippen LogP contribution in [0.5, 0.6) is 0 Å². The summed E-state index contributed by atoms with van der Waals surface area (Å²) in [5.74, 6) is -0.225. The van der Waals surface area contributed by atoms with E-state index in [0.717, 1.165) is 96.3 Å². The van der Waals surface area contributed by atoms with Gasteiger partial charge in [-0.05, 0) is 96.3 Å². The van der Waals surface area contributed by atoms with Crippen LogP contribution in [0.15, 0.2) is 109 Å². The van der Waals surface area contributed by atoms with Gasteiger partial charge in [-0.2, -0.15) is 0 Å². The average molecular weight is 967 g/mol. The normalized spacial score (nSPS) is 14.9. The van der Waals surface area contributed by atoms with Crippen molar-refractivity contribution in [1.29, 1.82) is 0 Å². The Labute approximate surface area is 419 Å². The van der Waals surface area contributed by atoms with E-state index in [-0.39, 0.29) is 12.5 Å². The largest absolute Gasteiger partial charge is 0.756 e. The molecule has 0 fully saturated rings. The van der Waals surface area contributed by atoms with Gasteiger partial charge in [-0.3, -0.25) is 9.36 Å². The second-order valence-electron chi connectivity index (χ2n) is 19.2. The first-order valence-electron chi connectivity index (χ1n) is 27.2. The van der Waals surface area contributed by atoms with Crippen LogP contribution in [0.25, 0.3) is 0 Å². The zero-order chi connectivity index (χ0) is 49.9. The van der Waals surface area contributed by atoms with Crippen molar-refractivity contribution in [3.63, 3.8) is 0 Å². The molecule has 0 heterocycles. The van der Waals surface area contributed by atoms with E-state index in [2.05, 4.69) is 116 Å². The number of hydrogen-bond donors (Lipinski definition) is 2. The van der Waals surface area contributed by atoms with Gasteiger partial charge in [0, 0.05) is 6.42 Å². The molecule has 1 amide bonds. The van der Waals surface area contributed by atoms with Crippen LogP contribution < -0.4 is 10.2 Å². The molecule has 0 saturated heterocycles. The third-order valence-corrected chi connectivity index (χ3v) is 12.4.